The van der Waals surface area contributed by atoms with Crippen LogP contribution in [0.3, 0.4) is 0 Å². The van der Waals surface area contributed by atoms with Crippen molar-refractivity contribution in [1.29, 1.82) is 0 Å². The molecule has 0 saturated heterocycles. The summed E-state index contributed by atoms with van der Waals surface area (Å²) in [5.74, 6) is 0.761. The largest absolute Gasteiger partial charge is 0.436 e. The lowest BCUT2D eigenvalue weighted by molar-refractivity contribution is -0.121. The maximum atomic E-state index is 12.7. The number of amides is 2. The molecule has 2 N–H and O–H groups in total. The minimum atomic E-state index is -0.251. The van der Waals surface area contributed by atoms with Gasteiger partial charge in [-0.2, -0.15) is 0 Å². The van der Waals surface area contributed by atoms with Crippen LogP contribution < -0.4 is 10.6 Å². The van der Waals surface area contributed by atoms with E-state index in [2.05, 4.69) is 15.6 Å². The van der Waals surface area contributed by atoms with E-state index in [0.29, 0.717) is 22.8 Å². The zero-order chi connectivity index (χ0) is 20.8. The van der Waals surface area contributed by atoms with Gasteiger partial charge >= 0.3 is 0 Å². The second-order valence-electron chi connectivity index (χ2n) is 7.50. The van der Waals surface area contributed by atoms with Crippen molar-refractivity contribution in [3.63, 3.8) is 0 Å². The van der Waals surface area contributed by atoms with Gasteiger partial charge in [-0.05, 0) is 25.0 Å². The van der Waals surface area contributed by atoms with Crippen LogP contribution >= 0.6 is 0 Å². The van der Waals surface area contributed by atoms with Crippen LogP contribution in [0.2, 0.25) is 0 Å². The van der Waals surface area contributed by atoms with Gasteiger partial charge in [-0.3, -0.25) is 9.59 Å². The van der Waals surface area contributed by atoms with E-state index in [4.69, 9.17) is 4.42 Å². The lowest BCUT2D eigenvalue weighted by Crippen LogP contribution is -2.35. The molecule has 3 aromatic rings. The number of nitrogens with one attached hydrogen (secondary N) is 2. The molecule has 2 amide bonds. The Labute approximate surface area is 175 Å². The van der Waals surface area contributed by atoms with Crippen molar-refractivity contribution in [2.24, 2.45) is 0 Å². The number of carbonyl (C=O) groups is 2. The van der Waals surface area contributed by atoms with Gasteiger partial charge in [0.1, 0.15) is 0 Å². The first-order chi connectivity index (χ1) is 14.7. The van der Waals surface area contributed by atoms with Crippen molar-refractivity contribution in [1.82, 2.24) is 15.6 Å². The summed E-state index contributed by atoms with van der Waals surface area (Å²) in [6.07, 6.45) is 6.37. The van der Waals surface area contributed by atoms with Crippen molar-refractivity contribution in [3.05, 3.63) is 66.4 Å². The SMILES string of the molecule is O=C(CCNC(=O)c1ccccc1-c1ncc(-c2ccccc2)o1)NC1CCCC1. The normalized spacial score (nSPS) is 13.9. The first-order valence-corrected chi connectivity index (χ1v) is 10.4. The zero-order valence-electron chi connectivity index (χ0n) is 16.8. The summed E-state index contributed by atoms with van der Waals surface area (Å²) in [5, 5.41) is 5.87. The van der Waals surface area contributed by atoms with E-state index in [-0.39, 0.29) is 30.8 Å². The van der Waals surface area contributed by atoms with Crippen LogP contribution in [0.25, 0.3) is 22.8 Å². The Morgan fingerprint density at radius 2 is 1.73 bits per heavy atom. The summed E-state index contributed by atoms with van der Waals surface area (Å²) in [6, 6.07) is 17.2. The fourth-order valence-electron chi connectivity index (χ4n) is 3.76. The molecule has 0 aliphatic heterocycles. The molecule has 1 saturated carbocycles. The highest BCUT2D eigenvalue weighted by molar-refractivity contribution is 6.00. The number of rotatable bonds is 7. The first kappa shape index (κ1) is 19.9. The van der Waals surface area contributed by atoms with E-state index in [1.807, 2.05) is 42.5 Å². The van der Waals surface area contributed by atoms with Crippen LogP contribution in [0.15, 0.2) is 65.2 Å². The third kappa shape index (κ3) is 4.76. The average molecular weight is 403 g/mol. The van der Waals surface area contributed by atoms with Gasteiger partial charge in [0.15, 0.2) is 5.76 Å². The molecule has 0 bridgehead atoms. The van der Waals surface area contributed by atoms with Crippen molar-refractivity contribution >= 4 is 11.8 Å². The summed E-state index contributed by atoms with van der Waals surface area (Å²) in [4.78, 5) is 29.1. The lowest BCUT2D eigenvalue weighted by atomic mass is 10.1. The molecule has 2 aromatic carbocycles. The van der Waals surface area contributed by atoms with E-state index in [0.717, 1.165) is 18.4 Å². The predicted molar refractivity (Wildman–Crippen MR) is 115 cm³/mol. The molecule has 1 heterocycles. The fraction of sp³-hybridized carbons (Fsp3) is 0.292. The molecule has 1 fully saturated rings. The Morgan fingerprint density at radius 1 is 1.00 bits per heavy atom. The molecule has 30 heavy (non-hydrogen) atoms. The number of nitrogens with zero attached hydrogens (tertiary/aromatic N) is 1. The Bertz CT molecular complexity index is 1010. The summed E-state index contributed by atoms with van der Waals surface area (Å²) in [6.45, 7) is 0.284. The highest BCUT2D eigenvalue weighted by Crippen LogP contribution is 2.28. The van der Waals surface area contributed by atoms with Gasteiger partial charge in [0.05, 0.1) is 11.8 Å². The second-order valence-corrected chi connectivity index (χ2v) is 7.50. The van der Waals surface area contributed by atoms with Gasteiger partial charge in [0, 0.05) is 30.1 Å². The fourth-order valence-corrected chi connectivity index (χ4v) is 3.76. The Kier molecular flexibility index (Phi) is 6.23. The Hall–Kier alpha value is -3.41. The van der Waals surface area contributed by atoms with Crippen LogP contribution in [0, 0.1) is 0 Å². The highest BCUT2D eigenvalue weighted by Gasteiger charge is 2.19. The van der Waals surface area contributed by atoms with Crippen molar-refractivity contribution in [2.45, 2.75) is 38.1 Å². The van der Waals surface area contributed by atoms with Gasteiger partial charge in [-0.25, -0.2) is 4.98 Å². The summed E-state index contributed by atoms with van der Waals surface area (Å²) < 4.78 is 5.91. The molecule has 0 unspecified atom stereocenters. The molecule has 0 atom stereocenters. The topological polar surface area (TPSA) is 84.2 Å². The van der Waals surface area contributed by atoms with Crippen molar-refractivity contribution in [3.8, 4) is 22.8 Å². The molecule has 1 aliphatic carbocycles. The van der Waals surface area contributed by atoms with Gasteiger partial charge in [-0.15, -0.1) is 0 Å². The van der Waals surface area contributed by atoms with Crippen molar-refractivity contribution < 1.29 is 14.0 Å². The van der Waals surface area contributed by atoms with E-state index in [9.17, 15) is 9.59 Å². The van der Waals surface area contributed by atoms with Crippen LogP contribution in [0.1, 0.15) is 42.5 Å². The van der Waals surface area contributed by atoms with Crippen LogP contribution in [0.4, 0.5) is 0 Å². The minimum Gasteiger partial charge on any atom is -0.436 e. The monoisotopic (exact) mass is 403 g/mol. The van der Waals surface area contributed by atoms with Crippen LogP contribution in [-0.4, -0.2) is 29.4 Å². The minimum absolute atomic E-state index is 0.0179. The number of hydrogen-bond acceptors (Lipinski definition) is 4. The Morgan fingerprint density at radius 3 is 2.53 bits per heavy atom. The van der Waals surface area contributed by atoms with E-state index >= 15 is 0 Å². The molecule has 1 aromatic heterocycles. The molecule has 6 nitrogen and oxygen atoms in total. The van der Waals surface area contributed by atoms with E-state index in [1.165, 1.54) is 12.8 Å². The average Bonchev–Trinajstić information content (AvgIpc) is 3.46. The summed E-state index contributed by atoms with van der Waals surface area (Å²) >= 11 is 0. The molecule has 0 radical (unpaired) electrons. The Balaban J connectivity index is 1.40. The highest BCUT2D eigenvalue weighted by atomic mass is 16.4. The van der Waals surface area contributed by atoms with Gasteiger partial charge in [-0.1, -0.05) is 55.3 Å². The standard InChI is InChI=1S/C24H25N3O3/c28-22(27-18-10-4-5-11-18)14-15-25-23(29)19-12-6-7-13-20(19)24-26-16-21(30-24)17-8-2-1-3-9-17/h1-3,6-9,12-13,16,18H,4-5,10-11,14-15H2,(H,25,29)(H,27,28). The number of benzene rings is 2. The smallest absolute Gasteiger partial charge is 0.252 e. The maximum absolute atomic E-state index is 12.7. The lowest BCUT2D eigenvalue weighted by Gasteiger charge is -2.12. The van der Waals surface area contributed by atoms with Gasteiger partial charge in [0.25, 0.3) is 5.91 Å². The maximum Gasteiger partial charge on any atom is 0.252 e. The zero-order valence-corrected chi connectivity index (χ0v) is 16.8. The van der Waals surface area contributed by atoms with Gasteiger partial charge in [0.2, 0.25) is 11.8 Å². The van der Waals surface area contributed by atoms with E-state index in [1.54, 1.807) is 18.3 Å². The molecular formula is C24H25N3O3. The molecule has 4 rings (SSSR count). The number of carbonyl (C=O) groups excluding carboxylic acids is 2. The summed E-state index contributed by atoms with van der Waals surface area (Å²) in [5.41, 5.74) is 2.01. The third-order valence-corrected chi connectivity index (χ3v) is 5.32. The first-order valence-electron chi connectivity index (χ1n) is 10.4. The molecule has 154 valence electrons. The molecule has 0 spiro atoms. The third-order valence-electron chi connectivity index (χ3n) is 5.32. The summed E-state index contributed by atoms with van der Waals surface area (Å²) in [7, 11) is 0. The molecule has 6 heteroatoms. The van der Waals surface area contributed by atoms with Crippen LogP contribution in [0.5, 0.6) is 0 Å². The number of hydrogen-bond donors (Lipinski definition) is 2. The van der Waals surface area contributed by atoms with Gasteiger partial charge < -0.3 is 15.1 Å². The predicted octanol–water partition coefficient (Wildman–Crippen LogP) is 4.19. The number of aromatic nitrogens is 1. The van der Waals surface area contributed by atoms with E-state index < -0.39 is 0 Å². The molecule has 1 aliphatic rings. The quantitative estimate of drug-likeness (QED) is 0.620. The second kappa shape index (κ2) is 9.39. The molecular weight excluding hydrogens is 378 g/mol. The van der Waals surface area contributed by atoms with Crippen LogP contribution in [-0.2, 0) is 4.79 Å². The number of oxazole rings is 1. The van der Waals surface area contributed by atoms with Crippen molar-refractivity contribution in [2.75, 3.05) is 6.54 Å².